The molecule has 0 radical (unpaired) electrons. The van der Waals surface area contributed by atoms with Crippen LogP contribution in [0.5, 0.6) is 0 Å². The van der Waals surface area contributed by atoms with Crippen LogP contribution in [-0.2, 0) is 10.0 Å². The zero-order valence-electron chi connectivity index (χ0n) is 8.85. The van der Waals surface area contributed by atoms with Gasteiger partial charge in [0.05, 0.1) is 20.2 Å². The molecule has 0 unspecified atom stereocenters. The highest BCUT2D eigenvalue weighted by atomic mass is 79.9. The lowest BCUT2D eigenvalue weighted by atomic mass is 10.3. The Kier molecular flexibility index (Phi) is 3.86. The minimum atomic E-state index is -3.66. The summed E-state index contributed by atoms with van der Waals surface area (Å²) < 4.78 is 27.5. The molecule has 4 nitrogen and oxygen atoms in total. The van der Waals surface area contributed by atoms with Crippen molar-refractivity contribution in [3.8, 4) is 0 Å². The highest BCUT2D eigenvalue weighted by molar-refractivity contribution is 9.11. The second-order valence-corrected chi connectivity index (χ2v) is 8.15. The lowest BCUT2D eigenvalue weighted by Gasteiger charge is -2.10. The SMILES string of the molecule is Nc1cccc(Cl)c1NS(=O)(=O)c1ccc(Br)s1. The van der Waals surface area contributed by atoms with Crippen LogP contribution in [0.25, 0.3) is 0 Å². The Morgan fingerprint density at radius 2 is 2.00 bits per heavy atom. The number of sulfonamides is 1. The van der Waals surface area contributed by atoms with Gasteiger partial charge in [0.25, 0.3) is 10.0 Å². The van der Waals surface area contributed by atoms with Gasteiger partial charge in [0, 0.05) is 0 Å². The molecule has 0 aliphatic heterocycles. The van der Waals surface area contributed by atoms with Gasteiger partial charge >= 0.3 is 0 Å². The van der Waals surface area contributed by atoms with Crippen molar-refractivity contribution in [2.75, 3.05) is 10.5 Å². The normalized spacial score (nSPS) is 11.4. The Morgan fingerprint density at radius 1 is 1.28 bits per heavy atom. The fourth-order valence-corrected chi connectivity index (χ4v) is 4.68. The molecule has 0 amide bonds. The first kappa shape index (κ1) is 13.7. The van der Waals surface area contributed by atoms with Crippen molar-refractivity contribution < 1.29 is 8.42 Å². The number of benzene rings is 1. The second kappa shape index (κ2) is 5.08. The Balaban J connectivity index is 2.40. The molecule has 0 saturated heterocycles. The van der Waals surface area contributed by atoms with Crippen LogP contribution in [0.15, 0.2) is 38.3 Å². The third-order valence-corrected chi connectivity index (χ3v) is 5.88. The zero-order valence-corrected chi connectivity index (χ0v) is 12.8. The third kappa shape index (κ3) is 2.80. The first-order valence-electron chi connectivity index (χ1n) is 4.72. The lowest BCUT2D eigenvalue weighted by molar-refractivity contribution is 0.603. The molecule has 2 aromatic rings. The van der Waals surface area contributed by atoms with Crippen LogP contribution in [0.3, 0.4) is 0 Å². The number of halogens is 2. The van der Waals surface area contributed by atoms with Gasteiger partial charge in [-0.2, -0.15) is 0 Å². The summed E-state index contributed by atoms with van der Waals surface area (Å²) in [5.74, 6) is 0. The molecular formula is C10H8BrClN2O2S2. The molecule has 0 spiro atoms. The Hall–Kier alpha value is -0.760. The molecule has 0 aliphatic rings. The molecule has 1 aromatic heterocycles. The third-order valence-electron chi connectivity index (χ3n) is 2.10. The van der Waals surface area contributed by atoms with Crippen molar-refractivity contribution in [3.05, 3.63) is 39.1 Å². The van der Waals surface area contributed by atoms with E-state index < -0.39 is 10.0 Å². The summed E-state index contributed by atoms with van der Waals surface area (Å²) in [5, 5.41) is 0.259. The smallest absolute Gasteiger partial charge is 0.271 e. The van der Waals surface area contributed by atoms with E-state index in [9.17, 15) is 8.42 Å². The van der Waals surface area contributed by atoms with Crippen LogP contribution < -0.4 is 10.5 Å². The highest BCUT2D eigenvalue weighted by Crippen LogP contribution is 2.32. The van der Waals surface area contributed by atoms with Crippen molar-refractivity contribution in [3.63, 3.8) is 0 Å². The number of nitrogen functional groups attached to an aromatic ring is 1. The maximum absolute atomic E-state index is 12.1. The highest BCUT2D eigenvalue weighted by Gasteiger charge is 2.19. The van der Waals surface area contributed by atoms with Gasteiger partial charge in [-0.1, -0.05) is 17.7 Å². The van der Waals surface area contributed by atoms with Gasteiger partial charge in [-0.05, 0) is 40.2 Å². The van der Waals surface area contributed by atoms with Crippen LogP contribution in [0.2, 0.25) is 5.02 Å². The summed E-state index contributed by atoms with van der Waals surface area (Å²) in [5.41, 5.74) is 6.17. The average Bonchev–Trinajstić information content (AvgIpc) is 2.71. The van der Waals surface area contributed by atoms with Crippen molar-refractivity contribution in [2.24, 2.45) is 0 Å². The summed E-state index contributed by atoms with van der Waals surface area (Å²) in [4.78, 5) is 0. The molecule has 18 heavy (non-hydrogen) atoms. The van der Waals surface area contributed by atoms with Crippen LogP contribution in [-0.4, -0.2) is 8.42 Å². The molecule has 3 N–H and O–H groups in total. The number of nitrogens with one attached hydrogen (secondary N) is 1. The first-order chi connectivity index (χ1) is 8.40. The summed E-state index contributed by atoms with van der Waals surface area (Å²) in [6, 6.07) is 7.96. The van der Waals surface area contributed by atoms with Gasteiger partial charge in [-0.3, -0.25) is 4.72 Å². The summed E-state index contributed by atoms with van der Waals surface area (Å²) in [6.45, 7) is 0. The van der Waals surface area contributed by atoms with Crippen LogP contribution >= 0.6 is 38.9 Å². The van der Waals surface area contributed by atoms with Crippen LogP contribution in [0, 0.1) is 0 Å². The van der Waals surface area contributed by atoms with E-state index in [0.29, 0.717) is 0 Å². The molecule has 1 heterocycles. The summed E-state index contributed by atoms with van der Waals surface area (Å²) >= 11 is 10.2. The fourth-order valence-electron chi connectivity index (χ4n) is 1.28. The predicted molar refractivity (Wildman–Crippen MR) is 78.7 cm³/mol. The van der Waals surface area contributed by atoms with Crippen molar-refractivity contribution in [2.45, 2.75) is 4.21 Å². The van der Waals surface area contributed by atoms with E-state index in [1.54, 1.807) is 24.3 Å². The minimum Gasteiger partial charge on any atom is -0.397 e. The van der Waals surface area contributed by atoms with E-state index in [4.69, 9.17) is 17.3 Å². The van der Waals surface area contributed by atoms with Crippen molar-refractivity contribution in [1.29, 1.82) is 0 Å². The standard InChI is InChI=1S/C10H8BrClN2O2S2/c11-8-4-5-9(17-8)18(15,16)14-10-6(12)2-1-3-7(10)13/h1-5,14H,13H2. The number of hydrogen-bond acceptors (Lipinski definition) is 4. The second-order valence-electron chi connectivity index (χ2n) is 3.37. The van der Waals surface area contributed by atoms with Crippen LogP contribution in [0.4, 0.5) is 11.4 Å². The van der Waals surface area contributed by atoms with Gasteiger partial charge in [0.1, 0.15) is 4.21 Å². The van der Waals surface area contributed by atoms with Crippen molar-refractivity contribution in [1.82, 2.24) is 0 Å². The molecule has 0 bridgehead atoms. The van der Waals surface area contributed by atoms with E-state index in [1.807, 2.05) is 0 Å². The number of para-hydroxylation sites is 1. The molecule has 2 rings (SSSR count). The topological polar surface area (TPSA) is 72.2 Å². The molecule has 8 heteroatoms. The molecular weight excluding hydrogens is 360 g/mol. The maximum Gasteiger partial charge on any atom is 0.271 e. The predicted octanol–water partition coefficient (Wildman–Crippen LogP) is 3.55. The van der Waals surface area contributed by atoms with Gasteiger partial charge in [-0.15, -0.1) is 11.3 Å². The van der Waals surface area contributed by atoms with Crippen molar-refractivity contribution >= 4 is 60.3 Å². The quantitative estimate of drug-likeness (QED) is 0.815. The van der Waals surface area contributed by atoms with E-state index in [0.717, 1.165) is 15.1 Å². The Bertz CT molecular complexity index is 665. The van der Waals surface area contributed by atoms with E-state index in [-0.39, 0.29) is 20.6 Å². The summed E-state index contributed by atoms with van der Waals surface area (Å²) in [7, 11) is -3.66. The number of nitrogens with two attached hydrogens (primary N) is 1. The molecule has 0 atom stereocenters. The number of thiophene rings is 1. The molecule has 1 aromatic carbocycles. The molecule has 96 valence electrons. The molecule has 0 fully saturated rings. The van der Waals surface area contributed by atoms with Crippen LogP contribution in [0.1, 0.15) is 0 Å². The van der Waals surface area contributed by atoms with Gasteiger partial charge in [-0.25, -0.2) is 8.42 Å². The lowest BCUT2D eigenvalue weighted by Crippen LogP contribution is -2.13. The largest absolute Gasteiger partial charge is 0.397 e. The van der Waals surface area contributed by atoms with E-state index in [1.165, 1.54) is 6.07 Å². The zero-order chi connectivity index (χ0) is 13.3. The first-order valence-corrected chi connectivity index (χ1v) is 8.19. The number of rotatable bonds is 3. The number of hydrogen-bond donors (Lipinski definition) is 2. The Morgan fingerprint density at radius 3 is 2.56 bits per heavy atom. The number of anilines is 2. The van der Waals surface area contributed by atoms with Gasteiger partial charge in [0.15, 0.2) is 0 Å². The average molecular weight is 368 g/mol. The monoisotopic (exact) mass is 366 g/mol. The maximum atomic E-state index is 12.1. The fraction of sp³-hybridized carbons (Fsp3) is 0. The van der Waals surface area contributed by atoms with Gasteiger partial charge in [0.2, 0.25) is 0 Å². The molecule has 0 aliphatic carbocycles. The van der Waals surface area contributed by atoms with Gasteiger partial charge < -0.3 is 5.73 Å². The molecule has 0 saturated carbocycles. The Labute approximate surface area is 122 Å². The van der Waals surface area contributed by atoms with E-state index >= 15 is 0 Å². The minimum absolute atomic E-state index is 0.189. The van der Waals surface area contributed by atoms with E-state index in [2.05, 4.69) is 20.7 Å². The summed E-state index contributed by atoms with van der Waals surface area (Å²) in [6.07, 6.45) is 0.